The first-order valence-corrected chi connectivity index (χ1v) is 7.48. The zero-order valence-corrected chi connectivity index (χ0v) is 12.8. The second kappa shape index (κ2) is 4.90. The Labute approximate surface area is 122 Å². The molecule has 0 aromatic carbocycles. The predicted molar refractivity (Wildman–Crippen MR) is 76.9 cm³/mol. The van der Waals surface area contributed by atoms with Gasteiger partial charge in [0.05, 0.1) is 15.0 Å². The standard InChI is InChI=1S/C12H11BrN4OS/c1-3-17-10(9(13)7(2)15-17)12-14-11(16-18-12)8-5-4-6-19-8/h4-6H,3H2,1-2H3. The number of thiophene rings is 1. The molecule has 0 saturated carbocycles. The van der Waals surface area contributed by atoms with Crippen LogP contribution in [0.1, 0.15) is 12.6 Å². The van der Waals surface area contributed by atoms with E-state index in [0.717, 1.165) is 27.3 Å². The number of rotatable bonds is 3. The highest BCUT2D eigenvalue weighted by Crippen LogP contribution is 2.31. The molecule has 0 atom stereocenters. The van der Waals surface area contributed by atoms with Gasteiger partial charge in [0.1, 0.15) is 5.69 Å². The van der Waals surface area contributed by atoms with E-state index in [-0.39, 0.29) is 0 Å². The highest BCUT2D eigenvalue weighted by Gasteiger charge is 2.20. The van der Waals surface area contributed by atoms with Gasteiger partial charge < -0.3 is 4.52 Å². The molecule has 0 saturated heterocycles. The number of hydrogen-bond donors (Lipinski definition) is 0. The third-order valence-corrected chi connectivity index (χ3v) is 4.54. The molecule has 0 amide bonds. The summed E-state index contributed by atoms with van der Waals surface area (Å²) in [4.78, 5) is 5.44. The Balaban J connectivity index is 2.08. The van der Waals surface area contributed by atoms with Crippen molar-refractivity contribution in [2.75, 3.05) is 0 Å². The van der Waals surface area contributed by atoms with Gasteiger partial charge in [-0.25, -0.2) is 0 Å². The fraction of sp³-hybridized carbons (Fsp3) is 0.250. The monoisotopic (exact) mass is 338 g/mol. The zero-order valence-electron chi connectivity index (χ0n) is 10.4. The molecule has 3 heterocycles. The molecule has 0 aliphatic heterocycles. The minimum Gasteiger partial charge on any atom is -0.332 e. The summed E-state index contributed by atoms with van der Waals surface area (Å²) in [6, 6.07) is 3.93. The maximum atomic E-state index is 5.37. The minimum atomic E-state index is 0.484. The maximum absolute atomic E-state index is 5.37. The van der Waals surface area contributed by atoms with Crippen LogP contribution in [0.25, 0.3) is 22.3 Å². The Morgan fingerprint density at radius 2 is 2.32 bits per heavy atom. The molecule has 98 valence electrons. The number of hydrogen-bond acceptors (Lipinski definition) is 5. The number of aromatic nitrogens is 4. The molecule has 0 spiro atoms. The summed E-state index contributed by atoms with van der Waals surface area (Å²) in [5.41, 5.74) is 1.74. The van der Waals surface area contributed by atoms with Crippen LogP contribution in [0, 0.1) is 6.92 Å². The van der Waals surface area contributed by atoms with Crippen LogP contribution in [0.15, 0.2) is 26.5 Å². The molecule has 5 nitrogen and oxygen atoms in total. The first-order valence-electron chi connectivity index (χ1n) is 5.81. The Hall–Kier alpha value is -1.47. The van der Waals surface area contributed by atoms with E-state index in [2.05, 4.69) is 31.2 Å². The lowest BCUT2D eigenvalue weighted by molar-refractivity contribution is 0.427. The van der Waals surface area contributed by atoms with Gasteiger partial charge in [0.2, 0.25) is 5.82 Å². The lowest BCUT2D eigenvalue weighted by atomic mass is 10.3. The summed E-state index contributed by atoms with van der Waals surface area (Å²) in [5, 5.41) is 10.4. The van der Waals surface area contributed by atoms with Gasteiger partial charge in [0.25, 0.3) is 5.89 Å². The van der Waals surface area contributed by atoms with Crippen LogP contribution >= 0.6 is 27.3 Å². The molecule has 0 aliphatic carbocycles. The van der Waals surface area contributed by atoms with Gasteiger partial charge in [0, 0.05) is 6.54 Å². The van der Waals surface area contributed by atoms with Crippen molar-refractivity contribution in [3.8, 4) is 22.3 Å². The third kappa shape index (κ3) is 2.12. The van der Waals surface area contributed by atoms with Crippen molar-refractivity contribution in [3.63, 3.8) is 0 Å². The molecule has 0 fully saturated rings. The summed E-state index contributed by atoms with van der Waals surface area (Å²) >= 11 is 5.11. The summed E-state index contributed by atoms with van der Waals surface area (Å²) < 4.78 is 8.12. The molecule has 0 aliphatic rings. The molecule has 0 N–H and O–H groups in total. The fourth-order valence-corrected chi connectivity index (χ4v) is 2.92. The normalized spacial score (nSPS) is 11.1. The Morgan fingerprint density at radius 3 is 3.00 bits per heavy atom. The largest absolute Gasteiger partial charge is 0.332 e. The quantitative estimate of drug-likeness (QED) is 0.729. The van der Waals surface area contributed by atoms with Crippen LogP contribution in [0.5, 0.6) is 0 Å². The Bertz CT molecular complexity index is 701. The van der Waals surface area contributed by atoms with E-state index in [4.69, 9.17) is 4.52 Å². The van der Waals surface area contributed by atoms with Crippen LogP contribution in [-0.4, -0.2) is 19.9 Å². The predicted octanol–water partition coefficient (Wildman–Crippen LogP) is 3.75. The van der Waals surface area contributed by atoms with Crippen molar-refractivity contribution in [3.05, 3.63) is 27.7 Å². The molecule has 0 unspecified atom stereocenters. The molecule has 7 heteroatoms. The topological polar surface area (TPSA) is 56.7 Å². The highest BCUT2D eigenvalue weighted by molar-refractivity contribution is 9.10. The molecule has 0 bridgehead atoms. The average molecular weight is 339 g/mol. The second-order valence-corrected chi connectivity index (χ2v) is 5.70. The lowest BCUT2D eigenvalue weighted by Crippen LogP contribution is -1.99. The third-order valence-electron chi connectivity index (χ3n) is 2.72. The first-order chi connectivity index (χ1) is 9.20. The van der Waals surface area contributed by atoms with E-state index in [9.17, 15) is 0 Å². The fourth-order valence-electron chi connectivity index (χ4n) is 1.82. The van der Waals surface area contributed by atoms with Crippen molar-refractivity contribution < 1.29 is 4.52 Å². The van der Waals surface area contributed by atoms with Crippen LogP contribution < -0.4 is 0 Å². The molecule has 0 radical (unpaired) electrons. The van der Waals surface area contributed by atoms with Gasteiger partial charge in [-0.1, -0.05) is 11.2 Å². The van der Waals surface area contributed by atoms with Gasteiger partial charge in [-0.2, -0.15) is 10.1 Å². The van der Waals surface area contributed by atoms with Gasteiger partial charge >= 0.3 is 0 Å². The minimum absolute atomic E-state index is 0.484. The highest BCUT2D eigenvalue weighted by atomic mass is 79.9. The van der Waals surface area contributed by atoms with E-state index in [1.807, 2.05) is 36.0 Å². The zero-order chi connectivity index (χ0) is 13.4. The van der Waals surface area contributed by atoms with Crippen molar-refractivity contribution >= 4 is 27.3 Å². The first kappa shape index (κ1) is 12.6. The van der Waals surface area contributed by atoms with Gasteiger partial charge in [0.15, 0.2) is 0 Å². The maximum Gasteiger partial charge on any atom is 0.277 e. The summed E-state index contributed by atoms with van der Waals surface area (Å²) in [6.07, 6.45) is 0. The SMILES string of the molecule is CCn1nc(C)c(Br)c1-c1nc(-c2cccs2)no1. The summed E-state index contributed by atoms with van der Waals surface area (Å²) in [6.45, 7) is 4.72. The van der Waals surface area contributed by atoms with Crippen molar-refractivity contribution in [1.82, 2.24) is 19.9 Å². The smallest absolute Gasteiger partial charge is 0.277 e. The molecule has 19 heavy (non-hydrogen) atoms. The molecule has 3 aromatic heterocycles. The van der Waals surface area contributed by atoms with E-state index < -0.39 is 0 Å². The van der Waals surface area contributed by atoms with E-state index >= 15 is 0 Å². The van der Waals surface area contributed by atoms with E-state index in [1.165, 1.54) is 0 Å². The van der Waals surface area contributed by atoms with E-state index in [1.54, 1.807) is 11.3 Å². The molecular weight excluding hydrogens is 328 g/mol. The lowest BCUT2D eigenvalue weighted by Gasteiger charge is -1.99. The second-order valence-electron chi connectivity index (χ2n) is 3.96. The molecular formula is C12H11BrN4OS. The number of nitrogens with zero attached hydrogens (tertiary/aromatic N) is 4. The van der Waals surface area contributed by atoms with Crippen LogP contribution in [-0.2, 0) is 6.54 Å². The van der Waals surface area contributed by atoms with Crippen molar-refractivity contribution in [2.24, 2.45) is 0 Å². The number of halogens is 1. The Morgan fingerprint density at radius 1 is 1.47 bits per heavy atom. The van der Waals surface area contributed by atoms with Crippen LogP contribution in [0.2, 0.25) is 0 Å². The van der Waals surface area contributed by atoms with Gasteiger partial charge in [-0.3, -0.25) is 4.68 Å². The molecule has 3 rings (SSSR count). The van der Waals surface area contributed by atoms with Crippen molar-refractivity contribution in [1.29, 1.82) is 0 Å². The number of aryl methyl sites for hydroxylation is 2. The summed E-state index contributed by atoms with van der Waals surface area (Å²) in [5.74, 6) is 1.09. The van der Waals surface area contributed by atoms with Gasteiger partial charge in [-0.05, 0) is 41.2 Å². The van der Waals surface area contributed by atoms with Crippen molar-refractivity contribution in [2.45, 2.75) is 20.4 Å². The summed E-state index contributed by atoms with van der Waals surface area (Å²) in [7, 11) is 0. The van der Waals surface area contributed by atoms with Gasteiger partial charge in [-0.15, -0.1) is 11.3 Å². The van der Waals surface area contributed by atoms with E-state index in [0.29, 0.717) is 11.7 Å². The van der Waals surface area contributed by atoms with Crippen LogP contribution in [0.3, 0.4) is 0 Å². The van der Waals surface area contributed by atoms with Crippen LogP contribution in [0.4, 0.5) is 0 Å². The average Bonchev–Trinajstić information content (AvgIpc) is 3.10. The molecule has 3 aromatic rings. The Kier molecular flexibility index (Phi) is 3.24.